The minimum Gasteiger partial charge on any atom is -0.338 e. The molecule has 1 atom stereocenters. The number of nitrogens with one attached hydrogen (secondary N) is 2. The molecule has 0 spiro atoms. The summed E-state index contributed by atoms with van der Waals surface area (Å²) in [5, 5.41) is 5.38. The summed E-state index contributed by atoms with van der Waals surface area (Å²) in [5.41, 5.74) is 1.72. The molecule has 156 valence electrons. The summed E-state index contributed by atoms with van der Waals surface area (Å²) >= 11 is 2.74. The number of aromatic nitrogens is 2. The molecule has 3 amide bonds. The summed E-state index contributed by atoms with van der Waals surface area (Å²) in [6, 6.07) is 8.79. The van der Waals surface area contributed by atoms with E-state index in [1.165, 1.54) is 16.6 Å². The van der Waals surface area contributed by atoms with Gasteiger partial charge in [-0.05, 0) is 50.8 Å². The Morgan fingerprint density at radius 1 is 1.27 bits per heavy atom. The number of carbonyl (C=O) groups excluding carboxylic acids is 2. The van der Waals surface area contributed by atoms with Gasteiger partial charge in [0.1, 0.15) is 4.83 Å². The average Bonchev–Trinajstić information content (AvgIpc) is 3.29. The number of hydrogen-bond acceptors (Lipinski definition) is 6. The van der Waals surface area contributed by atoms with E-state index < -0.39 is 17.2 Å². The van der Waals surface area contributed by atoms with Gasteiger partial charge in [0.15, 0.2) is 5.16 Å². The first kappa shape index (κ1) is 20.6. The van der Waals surface area contributed by atoms with Crippen LogP contribution in [0.2, 0.25) is 0 Å². The van der Waals surface area contributed by atoms with Gasteiger partial charge in [0, 0.05) is 11.4 Å². The number of urea groups is 1. The Morgan fingerprint density at radius 3 is 2.77 bits per heavy atom. The molecule has 4 rings (SSSR count). The van der Waals surface area contributed by atoms with Crippen molar-refractivity contribution in [3.05, 3.63) is 51.1 Å². The van der Waals surface area contributed by atoms with Crippen molar-refractivity contribution in [2.45, 2.75) is 43.5 Å². The Labute approximate surface area is 181 Å². The number of thiophene rings is 1. The van der Waals surface area contributed by atoms with Crippen LogP contribution in [-0.2, 0) is 17.6 Å². The van der Waals surface area contributed by atoms with E-state index in [0.717, 1.165) is 29.7 Å². The van der Waals surface area contributed by atoms with E-state index in [0.29, 0.717) is 22.8 Å². The number of fused-ring (bicyclic) bond motifs is 3. The van der Waals surface area contributed by atoms with Crippen LogP contribution in [0.1, 0.15) is 30.7 Å². The fraction of sp³-hybridized carbons (Fsp3) is 0.333. The number of aryl methyl sites for hydroxylation is 2. The number of amides is 3. The molecule has 9 heteroatoms. The molecule has 2 N–H and O–H groups in total. The zero-order valence-corrected chi connectivity index (χ0v) is 18.4. The van der Waals surface area contributed by atoms with Gasteiger partial charge in [-0.15, -0.1) is 11.3 Å². The minimum atomic E-state index is -0.612. The predicted octanol–water partition coefficient (Wildman–Crippen LogP) is 3.26. The fourth-order valence-electron chi connectivity index (χ4n) is 3.54. The van der Waals surface area contributed by atoms with Crippen LogP contribution in [-0.4, -0.2) is 33.3 Å². The molecule has 0 aliphatic heterocycles. The summed E-state index contributed by atoms with van der Waals surface area (Å²) in [7, 11) is 0. The van der Waals surface area contributed by atoms with Crippen molar-refractivity contribution in [1.29, 1.82) is 0 Å². The molecule has 0 saturated carbocycles. The molecule has 2 heterocycles. The van der Waals surface area contributed by atoms with Crippen LogP contribution >= 0.6 is 23.1 Å². The second kappa shape index (κ2) is 8.61. The fourth-order valence-corrected chi connectivity index (χ4v) is 5.77. The van der Waals surface area contributed by atoms with Gasteiger partial charge in [-0.3, -0.25) is 19.5 Å². The van der Waals surface area contributed by atoms with Gasteiger partial charge < -0.3 is 5.32 Å². The quantitative estimate of drug-likeness (QED) is 0.467. The summed E-state index contributed by atoms with van der Waals surface area (Å²) in [6.45, 7) is 3.90. The second-order valence-electron chi connectivity index (χ2n) is 7.02. The highest BCUT2D eigenvalue weighted by Crippen LogP contribution is 2.36. The van der Waals surface area contributed by atoms with Gasteiger partial charge in [0.05, 0.1) is 16.3 Å². The normalized spacial score (nSPS) is 13.8. The lowest BCUT2D eigenvalue weighted by atomic mass is 10.2. The maximum absolute atomic E-state index is 13.5. The Kier molecular flexibility index (Phi) is 5.92. The topological polar surface area (TPSA) is 93.1 Å². The van der Waals surface area contributed by atoms with E-state index >= 15 is 0 Å². The van der Waals surface area contributed by atoms with Gasteiger partial charge in [0.2, 0.25) is 5.91 Å². The zero-order chi connectivity index (χ0) is 21.3. The third-order valence-electron chi connectivity index (χ3n) is 4.95. The SMILES string of the molecule is CCNC(=O)NC(=O)[C@@H](C)Sc1nc2sc3c(c2c(=O)n1-c1ccccc1)CCC3. The molecule has 1 aliphatic carbocycles. The van der Waals surface area contributed by atoms with Crippen LogP contribution in [0.5, 0.6) is 0 Å². The van der Waals surface area contributed by atoms with Crippen molar-refractivity contribution in [1.82, 2.24) is 20.2 Å². The molecule has 7 nitrogen and oxygen atoms in total. The maximum atomic E-state index is 13.5. The predicted molar refractivity (Wildman–Crippen MR) is 120 cm³/mol. The van der Waals surface area contributed by atoms with Crippen molar-refractivity contribution < 1.29 is 9.59 Å². The number of thioether (sulfide) groups is 1. The van der Waals surface area contributed by atoms with Crippen LogP contribution in [0.4, 0.5) is 4.79 Å². The standard InChI is InChI=1S/C21H22N4O3S2/c1-3-22-20(28)23-17(26)12(2)29-21-24-18-16(14-10-7-11-15(14)30-18)19(27)25(21)13-8-5-4-6-9-13/h4-6,8-9,12H,3,7,10-11H2,1-2H3,(H2,22,23,26,28)/t12-/m1/s1. The number of imide groups is 1. The monoisotopic (exact) mass is 442 g/mol. The van der Waals surface area contributed by atoms with Crippen LogP contribution in [0.15, 0.2) is 40.3 Å². The van der Waals surface area contributed by atoms with Crippen LogP contribution in [0.3, 0.4) is 0 Å². The van der Waals surface area contributed by atoms with Crippen molar-refractivity contribution in [3.63, 3.8) is 0 Å². The van der Waals surface area contributed by atoms with E-state index in [4.69, 9.17) is 4.98 Å². The van der Waals surface area contributed by atoms with Gasteiger partial charge >= 0.3 is 6.03 Å². The zero-order valence-electron chi connectivity index (χ0n) is 16.7. The first-order valence-corrected chi connectivity index (χ1v) is 11.6. The molecule has 3 aromatic rings. The molecular weight excluding hydrogens is 420 g/mol. The molecule has 0 unspecified atom stereocenters. The Balaban J connectivity index is 1.76. The lowest BCUT2D eigenvalue weighted by molar-refractivity contribution is -0.119. The van der Waals surface area contributed by atoms with Crippen molar-refractivity contribution in [2.75, 3.05) is 6.54 Å². The summed E-state index contributed by atoms with van der Waals surface area (Å²) in [5.74, 6) is -0.436. The number of para-hydroxylation sites is 1. The molecule has 0 fully saturated rings. The number of benzene rings is 1. The maximum Gasteiger partial charge on any atom is 0.321 e. The van der Waals surface area contributed by atoms with E-state index in [2.05, 4.69) is 10.6 Å². The van der Waals surface area contributed by atoms with Crippen molar-refractivity contribution >= 4 is 45.3 Å². The molecule has 30 heavy (non-hydrogen) atoms. The minimum absolute atomic E-state index is 0.107. The summed E-state index contributed by atoms with van der Waals surface area (Å²) in [6.07, 6.45) is 2.95. The highest BCUT2D eigenvalue weighted by molar-refractivity contribution is 8.00. The first-order chi connectivity index (χ1) is 14.5. The van der Waals surface area contributed by atoms with E-state index in [-0.39, 0.29) is 5.56 Å². The van der Waals surface area contributed by atoms with Gasteiger partial charge in [0.25, 0.3) is 5.56 Å². The smallest absolute Gasteiger partial charge is 0.321 e. The third kappa shape index (κ3) is 3.87. The number of rotatable bonds is 5. The van der Waals surface area contributed by atoms with Crippen LogP contribution in [0, 0.1) is 0 Å². The highest BCUT2D eigenvalue weighted by atomic mass is 32.2. The van der Waals surface area contributed by atoms with E-state index in [9.17, 15) is 14.4 Å². The van der Waals surface area contributed by atoms with Crippen molar-refractivity contribution in [2.24, 2.45) is 0 Å². The van der Waals surface area contributed by atoms with E-state index in [1.807, 2.05) is 30.3 Å². The Morgan fingerprint density at radius 2 is 2.03 bits per heavy atom. The van der Waals surface area contributed by atoms with Crippen LogP contribution < -0.4 is 16.2 Å². The highest BCUT2D eigenvalue weighted by Gasteiger charge is 2.26. The molecule has 0 saturated heterocycles. The summed E-state index contributed by atoms with van der Waals surface area (Å²) in [4.78, 5) is 44.4. The van der Waals surface area contributed by atoms with Crippen LogP contribution in [0.25, 0.3) is 15.9 Å². The molecule has 0 bridgehead atoms. The lowest BCUT2D eigenvalue weighted by Gasteiger charge is -2.15. The second-order valence-corrected chi connectivity index (χ2v) is 9.41. The lowest BCUT2D eigenvalue weighted by Crippen LogP contribution is -2.42. The van der Waals surface area contributed by atoms with Gasteiger partial charge in [-0.25, -0.2) is 9.78 Å². The molecule has 2 aromatic heterocycles. The average molecular weight is 443 g/mol. The number of carbonyl (C=O) groups is 2. The largest absolute Gasteiger partial charge is 0.338 e. The van der Waals surface area contributed by atoms with Crippen molar-refractivity contribution in [3.8, 4) is 5.69 Å². The number of hydrogen-bond donors (Lipinski definition) is 2. The Bertz CT molecular complexity index is 1170. The third-order valence-corrected chi connectivity index (χ3v) is 7.19. The molecule has 1 aromatic carbocycles. The van der Waals surface area contributed by atoms with E-state index in [1.54, 1.807) is 29.8 Å². The molecular formula is C21H22N4O3S2. The van der Waals surface area contributed by atoms with Gasteiger partial charge in [-0.2, -0.15) is 0 Å². The number of nitrogens with zero attached hydrogens (tertiary/aromatic N) is 2. The Hall–Kier alpha value is -2.65. The van der Waals surface area contributed by atoms with Gasteiger partial charge in [-0.1, -0.05) is 30.0 Å². The molecule has 0 radical (unpaired) electrons. The molecule has 1 aliphatic rings. The first-order valence-electron chi connectivity index (χ1n) is 9.87. The summed E-state index contributed by atoms with van der Waals surface area (Å²) < 4.78 is 1.58.